The molecular weight excluding hydrogens is 339 g/mol. The van der Waals surface area contributed by atoms with E-state index in [-0.39, 0.29) is 18.2 Å². The number of amides is 2. The van der Waals surface area contributed by atoms with Crippen LogP contribution in [0.15, 0.2) is 18.2 Å². The Bertz CT molecular complexity index is 699. The fraction of sp³-hybridized carbons (Fsp3) is 0.579. The average molecular weight is 366 g/mol. The number of halogens is 1. The van der Waals surface area contributed by atoms with Gasteiger partial charge in [-0.1, -0.05) is 19.9 Å². The minimum atomic E-state index is -1.17. The van der Waals surface area contributed by atoms with E-state index >= 15 is 0 Å². The largest absolute Gasteiger partial charge is 0.465 e. The number of aliphatic hydroxyl groups excluding tert-OH is 1. The van der Waals surface area contributed by atoms with E-state index in [9.17, 15) is 24.2 Å². The van der Waals surface area contributed by atoms with E-state index in [2.05, 4.69) is 0 Å². The molecule has 1 heterocycles. The molecule has 0 aromatic heterocycles. The van der Waals surface area contributed by atoms with Crippen molar-refractivity contribution in [2.45, 2.75) is 58.7 Å². The summed E-state index contributed by atoms with van der Waals surface area (Å²) in [6.07, 6.45) is -1.66. The molecule has 1 aliphatic rings. The van der Waals surface area contributed by atoms with Gasteiger partial charge in [0.05, 0.1) is 11.8 Å². The minimum absolute atomic E-state index is 0.0611. The molecule has 1 saturated heterocycles. The molecule has 26 heavy (non-hydrogen) atoms. The van der Waals surface area contributed by atoms with Gasteiger partial charge >= 0.3 is 6.09 Å². The highest BCUT2D eigenvalue weighted by molar-refractivity contribution is 6.01. The smallest absolute Gasteiger partial charge is 0.408 e. The van der Waals surface area contributed by atoms with Crippen molar-refractivity contribution in [1.82, 2.24) is 4.90 Å². The summed E-state index contributed by atoms with van der Waals surface area (Å²) in [5.74, 6) is -1.10. The number of carboxylic acid groups (broad SMARTS) is 1. The molecule has 1 aromatic rings. The summed E-state index contributed by atoms with van der Waals surface area (Å²) in [6.45, 7) is 9.07. The Morgan fingerprint density at radius 3 is 2.42 bits per heavy atom. The molecule has 6 nitrogen and oxygen atoms in total. The second kappa shape index (κ2) is 7.23. The highest BCUT2D eigenvalue weighted by atomic mass is 19.1. The molecule has 0 saturated carbocycles. The topological polar surface area (TPSA) is 81.1 Å². The maximum absolute atomic E-state index is 14.6. The van der Waals surface area contributed by atoms with Gasteiger partial charge in [0.15, 0.2) is 0 Å². The molecular formula is C19H27FN2O4. The highest BCUT2D eigenvalue weighted by Gasteiger charge is 2.44. The zero-order valence-electron chi connectivity index (χ0n) is 15.9. The van der Waals surface area contributed by atoms with Crippen LogP contribution in [0.3, 0.4) is 0 Å². The van der Waals surface area contributed by atoms with Crippen LogP contribution in [0.5, 0.6) is 0 Å². The van der Waals surface area contributed by atoms with Gasteiger partial charge in [0.2, 0.25) is 5.91 Å². The molecule has 2 N–H and O–H groups in total. The average Bonchev–Trinajstić information content (AvgIpc) is 2.86. The van der Waals surface area contributed by atoms with Crippen molar-refractivity contribution in [2.24, 2.45) is 5.92 Å². The predicted octanol–water partition coefficient (Wildman–Crippen LogP) is 3.40. The van der Waals surface area contributed by atoms with Crippen LogP contribution >= 0.6 is 0 Å². The van der Waals surface area contributed by atoms with E-state index < -0.39 is 35.5 Å². The third-order valence-electron chi connectivity index (χ3n) is 4.65. The highest BCUT2D eigenvalue weighted by Crippen LogP contribution is 2.32. The molecule has 2 rings (SSSR count). The number of hydrogen-bond donors (Lipinski definition) is 2. The monoisotopic (exact) mass is 366 g/mol. The molecule has 0 bridgehead atoms. The molecule has 144 valence electrons. The number of benzene rings is 1. The minimum Gasteiger partial charge on any atom is -0.465 e. The first-order valence-corrected chi connectivity index (χ1v) is 8.76. The van der Waals surface area contributed by atoms with Gasteiger partial charge < -0.3 is 15.1 Å². The van der Waals surface area contributed by atoms with Crippen molar-refractivity contribution in [3.05, 3.63) is 29.6 Å². The third-order valence-corrected chi connectivity index (χ3v) is 4.65. The molecule has 0 aliphatic carbocycles. The summed E-state index contributed by atoms with van der Waals surface area (Å²) < 4.78 is 14.6. The van der Waals surface area contributed by atoms with Crippen LogP contribution < -0.4 is 4.90 Å². The summed E-state index contributed by atoms with van der Waals surface area (Å²) in [7, 11) is 0. The summed E-state index contributed by atoms with van der Waals surface area (Å²) >= 11 is 0. The van der Waals surface area contributed by atoms with Gasteiger partial charge in [-0.25, -0.2) is 9.18 Å². The van der Waals surface area contributed by atoms with Crippen molar-refractivity contribution in [1.29, 1.82) is 0 Å². The zero-order chi connectivity index (χ0) is 19.8. The van der Waals surface area contributed by atoms with Crippen molar-refractivity contribution in [3.8, 4) is 0 Å². The van der Waals surface area contributed by atoms with Crippen LogP contribution in [-0.2, 0) is 4.79 Å². The van der Waals surface area contributed by atoms with E-state index in [1.807, 2.05) is 13.8 Å². The lowest BCUT2D eigenvalue weighted by molar-refractivity contribution is -0.122. The number of carbonyl (C=O) groups is 2. The number of carbonyl (C=O) groups excluding carboxylic acids is 1. The predicted molar refractivity (Wildman–Crippen MR) is 96.6 cm³/mol. The number of anilines is 1. The number of hydrogen-bond acceptors (Lipinski definition) is 3. The van der Waals surface area contributed by atoms with Crippen LogP contribution in [0.1, 0.15) is 52.7 Å². The van der Waals surface area contributed by atoms with E-state index in [1.165, 1.54) is 17.0 Å². The first kappa shape index (κ1) is 20.2. The van der Waals surface area contributed by atoms with E-state index in [0.29, 0.717) is 12.0 Å². The van der Waals surface area contributed by atoms with Gasteiger partial charge in [0.1, 0.15) is 11.9 Å². The Labute approximate surface area is 153 Å². The van der Waals surface area contributed by atoms with Crippen molar-refractivity contribution >= 4 is 17.7 Å². The Hall–Kier alpha value is -2.15. The normalized spacial score (nSPS) is 19.2. The maximum atomic E-state index is 14.6. The SMILES string of the molecule is CC(C)C(O)c1ccc(N2CC[C@H](N(C(=O)O)C(C)(C)C)C2=O)c(F)c1. The van der Waals surface area contributed by atoms with Crippen molar-refractivity contribution in [2.75, 3.05) is 11.4 Å². The van der Waals surface area contributed by atoms with Gasteiger partial charge in [-0.05, 0) is 50.8 Å². The fourth-order valence-corrected chi connectivity index (χ4v) is 3.34. The van der Waals surface area contributed by atoms with Crippen LogP contribution in [-0.4, -0.2) is 45.2 Å². The molecule has 0 radical (unpaired) electrons. The fourth-order valence-electron chi connectivity index (χ4n) is 3.34. The van der Waals surface area contributed by atoms with Gasteiger partial charge in [0.25, 0.3) is 0 Å². The zero-order valence-corrected chi connectivity index (χ0v) is 15.9. The number of nitrogens with zero attached hydrogens (tertiary/aromatic N) is 2. The van der Waals surface area contributed by atoms with Crippen molar-refractivity contribution in [3.63, 3.8) is 0 Å². The Morgan fingerprint density at radius 1 is 1.35 bits per heavy atom. The second-order valence-corrected chi connectivity index (χ2v) is 8.02. The first-order chi connectivity index (χ1) is 11.9. The van der Waals surface area contributed by atoms with Gasteiger partial charge in [0, 0.05) is 12.1 Å². The summed E-state index contributed by atoms with van der Waals surface area (Å²) in [6, 6.07) is 3.47. The molecule has 7 heteroatoms. The van der Waals surface area contributed by atoms with Crippen molar-refractivity contribution < 1.29 is 24.2 Å². The molecule has 1 aliphatic heterocycles. The summed E-state index contributed by atoms with van der Waals surface area (Å²) in [5, 5.41) is 19.6. The Kier molecular flexibility index (Phi) is 5.61. The lowest BCUT2D eigenvalue weighted by Crippen LogP contribution is -2.54. The first-order valence-electron chi connectivity index (χ1n) is 8.76. The van der Waals surface area contributed by atoms with Crippen LogP contribution in [0.25, 0.3) is 0 Å². The van der Waals surface area contributed by atoms with Gasteiger partial charge in [-0.2, -0.15) is 0 Å². The van der Waals surface area contributed by atoms with E-state index in [1.54, 1.807) is 26.8 Å². The van der Waals surface area contributed by atoms with E-state index in [0.717, 1.165) is 4.90 Å². The Morgan fingerprint density at radius 2 is 1.96 bits per heavy atom. The molecule has 1 unspecified atom stereocenters. The molecule has 2 amide bonds. The van der Waals surface area contributed by atoms with Gasteiger partial charge in [-0.15, -0.1) is 0 Å². The molecule has 0 spiro atoms. The van der Waals surface area contributed by atoms with Crippen LogP contribution in [0.4, 0.5) is 14.9 Å². The quantitative estimate of drug-likeness (QED) is 0.856. The lowest BCUT2D eigenvalue weighted by Gasteiger charge is -2.36. The molecule has 2 atom stereocenters. The van der Waals surface area contributed by atoms with E-state index in [4.69, 9.17) is 0 Å². The molecule has 1 aromatic carbocycles. The maximum Gasteiger partial charge on any atom is 0.408 e. The number of rotatable bonds is 4. The third kappa shape index (κ3) is 3.82. The Balaban J connectivity index is 2.29. The molecule has 1 fully saturated rings. The number of aliphatic hydroxyl groups is 1. The van der Waals surface area contributed by atoms with Crippen LogP contribution in [0, 0.1) is 11.7 Å². The summed E-state index contributed by atoms with van der Waals surface area (Å²) in [4.78, 5) is 26.8. The second-order valence-electron chi connectivity index (χ2n) is 8.02. The standard InChI is InChI=1S/C19H27FN2O4/c1-11(2)16(23)12-6-7-14(13(20)10-12)21-9-8-15(17(21)24)22(18(25)26)19(3,4)5/h6-7,10-11,15-16,23H,8-9H2,1-5H3,(H,25,26)/t15-,16?/m0/s1. The van der Waals surface area contributed by atoms with Crippen LogP contribution in [0.2, 0.25) is 0 Å². The van der Waals surface area contributed by atoms with Gasteiger partial charge in [-0.3, -0.25) is 9.69 Å². The summed E-state index contributed by atoms with van der Waals surface area (Å²) in [5.41, 5.74) is -0.186. The lowest BCUT2D eigenvalue weighted by atomic mass is 9.99.